The topological polar surface area (TPSA) is 54.9 Å². The van der Waals surface area contributed by atoms with E-state index in [0.29, 0.717) is 22.9 Å². The molecule has 2 unspecified atom stereocenters. The highest BCUT2D eigenvalue weighted by Gasteiger charge is 2.22. The van der Waals surface area contributed by atoms with Crippen LogP contribution in [-0.2, 0) is 4.79 Å². The molecule has 2 atom stereocenters. The van der Waals surface area contributed by atoms with E-state index < -0.39 is 0 Å². The lowest BCUT2D eigenvalue weighted by Gasteiger charge is -2.29. The number of rotatable bonds is 4. The van der Waals surface area contributed by atoms with E-state index in [1.807, 2.05) is 20.8 Å². The van der Waals surface area contributed by atoms with Crippen LogP contribution in [0.3, 0.4) is 0 Å². The molecule has 2 rings (SSSR count). The van der Waals surface area contributed by atoms with Gasteiger partial charge in [0, 0.05) is 17.4 Å². The van der Waals surface area contributed by atoms with E-state index in [1.165, 1.54) is 31.0 Å². The molecule has 1 amide bonds. The first-order chi connectivity index (χ1) is 9.97. The Balaban J connectivity index is 1.86. The van der Waals surface area contributed by atoms with Crippen LogP contribution in [0.2, 0.25) is 0 Å². The van der Waals surface area contributed by atoms with Gasteiger partial charge < -0.3 is 5.32 Å². The van der Waals surface area contributed by atoms with Gasteiger partial charge in [-0.05, 0) is 45.1 Å². The Morgan fingerprint density at radius 3 is 2.43 bits per heavy atom. The van der Waals surface area contributed by atoms with Crippen molar-refractivity contribution in [3.63, 3.8) is 0 Å². The minimum Gasteiger partial charge on any atom is -0.352 e. The summed E-state index contributed by atoms with van der Waals surface area (Å²) in [6, 6.07) is 0.342. The van der Waals surface area contributed by atoms with Gasteiger partial charge >= 0.3 is 0 Å². The minimum atomic E-state index is 0.0956. The molecule has 1 N–H and O–H groups in total. The van der Waals surface area contributed by atoms with E-state index in [4.69, 9.17) is 0 Å². The molecule has 116 valence electrons. The quantitative estimate of drug-likeness (QED) is 0.685. The molecule has 0 saturated heterocycles. The number of carbonyl (C=O) groups excluding carboxylic acids is 1. The van der Waals surface area contributed by atoms with Crippen LogP contribution in [0, 0.1) is 26.7 Å². The summed E-state index contributed by atoms with van der Waals surface area (Å²) in [7, 11) is 0. The molecule has 1 aromatic rings. The van der Waals surface area contributed by atoms with Crippen molar-refractivity contribution in [1.29, 1.82) is 0 Å². The first kappa shape index (κ1) is 16.3. The molecular weight excluding hydrogens is 282 g/mol. The van der Waals surface area contributed by atoms with Gasteiger partial charge in [-0.2, -0.15) is 0 Å². The fourth-order valence-electron chi connectivity index (χ4n) is 2.72. The number of carbonyl (C=O) groups is 1. The van der Waals surface area contributed by atoms with Crippen molar-refractivity contribution in [1.82, 2.24) is 15.3 Å². The van der Waals surface area contributed by atoms with Crippen molar-refractivity contribution in [2.24, 2.45) is 5.92 Å². The lowest BCUT2D eigenvalue weighted by atomic mass is 9.86. The van der Waals surface area contributed by atoms with E-state index >= 15 is 0 Å². The van der Waals surface area contributed by atoms with E-state index in [1.54, 1.807) is 0 Å². The predicted octanol–water partition coefficient (Wildman–Crippen LogP) is 3.19. The summed E-state index contributed by atoms with van der Waals surface area (Å²) < 4.78 is 0. The summed E-state index contributed by atoms with van der Waals surface area (Å²) in [4.78, 5) is 21.0. The van der Waals surface area contributed by atoms with Gasteiger partial charge in [-0.1, -0.05) is 31.5 Å². The second-order valence-corrected chi connectivity index (χ2v) is 6.97. The smallest absolute Gasteiger partial charge is 0.230 e. The van der Waals surface area contributed by atoms with Crippen LogP contribution in [-0.4, -0.2) is 27.7 Å². The normalized spacial score (nSPS) is 22.1. The number of aromatic nitrogens is 2. The molecule has 21 heavy (non-hydrogen) atoms. The number of hydrogen-bond acceptors (Lipinski definition) is 4. The Bertz CT molecular complexity index is 495. The number of nitrogens with zero attached hydrogens (tertiary/aromatic N) is 2. The van der Waals surface area contributed by atoms with Gasteiger partial charge in [-0.25, -0.2) is 9.97 Å². The van der Waals surface area contributed by atoms with Crippen LogP contribution in [0.5, 0.6) is 0 Å². The number of hydrogen-bond donors (Lipinski definition) is 1. The Morgan fingerprint density at radius 2 is 1.81 bits per heavy atom. The van der Waals surface area contributed by atoms with Crippen molar-refractivity contribution >= 4 is 17.7 Å². The summed E-state index contributed by atoms with van der Waals surface area (Å²) in [6.07, 6.45) is 4.84. The molecule has 5 heteroatoms. The first-order valence-corrected chi connectivity index (χ1v) is 8.70. The van der Waals surface area contributed by atoms with Crippen molar-refractivity contribution in [2.45, 2.75) is 64.6 Å². The van der Waals surface area contributed by atoms with Gasteiger partial charge in [0.05, 0.1) is 5.75 Å². The van der Waals surface area contributed by atoms with Crippen molar-refractivity contribution in [3.8, 4) is 0 Å². The van der Waals surface area contributed by atoms with Crippen molar-refractivity contribution in [2.75, 3.05) is 5.75 Å². The second-order valence-electron chi connectivity index (χ2n) is 6.03. The molecule has 0 aliphatic heterocycles. The fraction of sp³-hybridized carbons (Fsp3) is 0.688. The zero-order chi connectivity index (χ0) is 15.4. The van der Waals surface area contributed by atoms with Crippen LogP contribution < -0.4 is 5.32 Å². The Morgan fingerprint density at radius 1 is 1.19 bits per heavy atom. The minimum absolute atomic E-state index is 0.0956. The standard InChI is InChI=1S/C16H25N3OS/c1-10-7-5-6-8-14(10)19-15(20)9-21-16-17-12(3)11(2)13(4)18-16/h10,14H,5-9H2,1-4H3,(H,19,20). The summed E-state index contributed by atoms with van der Waals surface area (Å²) >= 11 is 1.42. The van der Waals surface area contributed by atoms with Crippen molar-refractivity contribution in [3.05, 3.63) is 17.0 Å². The third-order valence-corrected chi connectivity index (χ3v) is 5.25. The van der Waals surface area contributed by atoms with Gasteiger partial charge in [-0.3, -0.25) is 4.79 Å². The summed E-state index contributed by atoms with van der Waals surface area (Å²) in [5, 5.41) is 3.86. The summed E-state index contributed by atoms with van der Waals surface area (Å²) in [5.41, 5.74) is 3.11. The first-order valence-electron chi connectivity index (χ1n) is 7.71. The van der Waals surface area contributed by atoms with Crippen LogP contribution in [0.25, 0.3) is 0 Å². The Hall–Kier alpha value is -1.10. The van der Waals surface area contributed by atoms with Crippen LogP contribution >= 0.6 is 11.8 Å². The number of amides is 1. The van der Waals surface area contributed by atoms with Crippen LogP contribution in [0.1, 0.15) is 49.6 Å². The maximum atomic E-state index is 12.1. The van der Waals surface area contributed by atoms with Crippen molar-refractivity contribution < 1.29 is 4.79 Å². The van der Waals surface area contributed by atoms with Gasteiger partial charge in [0.15, 0.2) is 5.16 Å². The van der Waals surface area contributed by atoms with Crippen LogP contribution in [0.15, 0.2) is 5.16 Å². The fourth-order valence-corrected chi connectivity index (χ4v) is 3.46. The average molecular weight is 307 g/mol. The highest BCUT2D eigenvalue weighted by atomic mass is 32.2. The van der Waals surface area contributed by atoms with Crippen LogP contribution in [0.4, 0.5) is 0 Å². The second kappa shape index (κ2) is 7.25. The number of thioether (sulfide) groups is 1. The average Bonchev–Trinajstić information content (AvgIpc) is 2.45. The molecule has 1 aliphatic rings. The number of nitrogens with one attached hydrogen (secondary N) is 1. The molecular formula is C16H25N3OS. The molecule has 1 aliphatic carbocycles. The van der Waals surface area contributed by atoms with E-state index in [-0.39, 0.29) is 5.91 Å². The Labute approximate surface area is 131 Å². The van der Waals surface area contributed by atoms with E-state index in [9.17, 15) is 4.79 Å². The van der Waals surface area contributed by atoms with Gasteiger partial charge in [-0.15, -0.1) is 0 Å². The largest absolute Gasteiger partial charge is 0.352 e. The Kier molecular flexibility index (Phi) is 5.62. The SMILES string of the molecule is Cc1nc(SCC(=O)NC2CCCCC2C)nc(C)c1C. The van der Waals surface area contributed by atoms with Gasteiger partial charge in [0.25, 0.3) is 0 Å². The van der Waals surface area contributed by atoms with E-state index in [2.05, 4.69) is 22.2 Å². The lowest BCUT2D eigenvalue weighted by molar-refractivity contribution is -0.119. The monoisotopic (exact) mass is 307 g/mol. The molecule has 0 spiro atoms. The number of aryl methyl sites for hydroxylation is 2. The van der Waals surface area contributed by atoms with E-state index in [0.717, 1.165) is 23.4 Å². The third-order valence-electron chi connectivity index (χ3n) is 4.40. The highest BCUT2D eigenvalue weighted by molar-refractivity contribution is 7.99. The zero-order valence-corrected chi connectivity index (χ0v) is 14.2. The van der Waals surface area contributed by atoms with Gasteiger partial charge in [0.2, 0.25) is 5.91 Å². The molecule has 1 aromatic heterocycles. The lowest BCUT2D eigenvalue weighted by Crippen LogP contribution is -2.41. The molecule has 0 bridgehead atoms. The molecule has 0 aromatic carbocycles. The maximum absolute atomic E-state index is 12.1. The highest BCUT2D eigenvalue weighted by Crippen LogP contribution is 2.24. The molecule has 1 fully saturated rings. The molecule has 1 heterocycles. The van der Waals surface area contributed by atoms with Gasteiger partial charge in [0.1, 0.15) is 0 Å². The molecule has 0 radical (unpaired) electrons. The third kappa shape index (κ3) is 4.43. The molecule has 4 nitrogen and oxygen atoms in total. The zero-order valence-electron chi connectivity index (χ0n) is 13.4. The maximum Gasteiger partial charge on any atom is 0.230 e. The summed E-state index contributed by atoms with van der Waals surface area (Å²) in [6.45, 7) is 8.22. The predicted molar refractivity (Wildman–Crippen MR) is 86.5 cm³/mol. The summed E-state index contributed by atoms with van der Waals surface area (Å²) in [5.74, 6) is 1.08. The molecule has 1 saturated carbocycles.